The molecular formula is C13H18O. The lowest BCUT2D eigenvalue weighted by molar-refractivity contribution is 0.195. The van der Waals surface area contributed by atoms with Gasteiger partial charge in [0.1, 0.15) is 0 Å². The molecule has 2 rings (SSSR count). The summed E-state index contributed by atoms with van der Waals surface area (Å²) in [5.74, 6) is 0. The van der Waals surface area contributed by atoms with Gasteiger partial charge in [-0.15, -0.1) is 0 Å². The Kier molecular flexibility index (Phi) is 2.87. The summed E-state index contributed by atoms with van der Waals surface area (Å²) >= 11 is 0. The molecule has 1 heteroatoms. The molecule has 1 aromatic rings. The minimum atomic E-state index is -0.219. The molecule has 14 heavy (non-hydrogen) atoms. The Balaban J connectivity index is 2.30. The van der Waals surface area contributed by atoms with Crippen LogP contribution >= 0.6 is 0 Å². The van der Waals surface area contributed by atoms with Gasteiger partial charge in [-0.1, -0.05) is 18.2 Å². The molecule has 0 heterocycles. The highest BCUT2D eigenvalue weighted by Gasteiger charge is 2.13. The molecule has 0 bridgehead atoms. The van der Waals surface area contributed by atoms with Crippen molar-refractivity contribution in [2.45, 2.75) is 45.1 Å². The van der Waals surface area contributed by atoms with Gasteiger partial charge in [0.15, 0.2) is 0 Å². The lowest BCUT2D eigenvalue weighted by Gasteiger charge is -2.19. The van der Waals surface area contributed by atoms with Crippen LogP contribution < -0.4 is 0 Å². The minimum Gasteiger partial charge on any atom is -0.393 e. The van der Waals surface area contributed by atoms with Gasteiger partial charge < -0.3 is 5.11 Å². The number of fused-ring (bicyclic) bond motifs is 1. The molecule has 76 valence electrons. The van der Waals surface area contributed by atoms with Crippen LogP contribution in [0.2, 0.25) is 0 Å². The summed E-state index contributed by atoms with van der Waals surface area (Å²) in [6, 6.07) is 6.53. The third kappa shape index (κ3) is 1.98. The summed E-state index contributed by atoms with van der Waals surface area (Å²) < 4.78 is 0. The normalized spacial score (nSPS) is 17.6. The lowest BCUT2D eigenvalue weighted by atomic mass is 9.87. The molecule has 0 aromatic heterocycles. The Labute approximate surface area is 85.8 Å². The molecule has 0 spiro atoms. The van der Waals surface area contributed by atoms with Crippen LogP contribution in [0.15, 0.2) is 18.2 Å². The van der Waals surface area contributed by atoms with Gasteiger partial charge >= 0.3 is 0 Å². The van der Waals surface area contributed by atoms with Gasteiger partial charge in [-0.3, -0.25) is 0 Å². The maximum absolute atomic E-state index is 9.41. The molecule has 0 saturated heterocycles. The van der Waals surface area contributed by atoms with Crippen LogP contribution in [0.1, 0.15) is 36.5 Å². The number of aliphatic hydroxyl groups excluding tert-OH is 1. The van der Waals surface area contributed by atoms with E-state index in [4.69, 9.17) is 0 Å². The predicted octanol–water partition coefficient (Wildman–Crippen LogP) is 2.49. The molecule has 0 fully saturated rings. The van der Waals surface area contributed by atoms with E-state index in [0.717, 1.165) is 6.42 Å². The average molecular weight is 190 g/mol. The molecule has 0 saturated carbocycles. The van der Waals surface area contributed by atoms with Crippen molar-refractivity contribution >= 4 is 0 Å². The van der Waals surface area contributed by atoms with Crippen LogP contribution in [0.4, 0.5) is 0 Å². The number of aliphatic hydroxyl groups is 1. The van der Waals surface area contributed by atoms with Gasteiger partial charge in [0, 0.05) is 0 Å². The first-order valence-corrected chi connectivity index (χ1v) is 5.55. The average Bonchev–Trinajstić information content (AvgIpc) is 2.18. The third-order valence-electron chi connectivity index (χ3n) is 3.01. The van der Waals surface area contributed by atoms with Crippen LogP contribution in [-0.4, -0.2) is 11.2 Å². The van der Waals surface area contributed by atoms with Crippen molar-refractivity contribution in [2.24, 2.45) is 0 Å². The van der Waals surface area contributed by atoms with Gasteiger partial charge in [-0.2, -0.15) is 0 Å². The van der Waals surface area contributed by atoms with E-state index in [1.54, 1.807) is 0 Å². The standard InChI is InChI=1S/C13H18O/c1-10(14)9-12-7-4-6-11-5-2-3-8-13(11)12/h4,6-7,10,14H,2-3,5,8-9H2,1H3/t10-/m0/s1. The van der Waals surface area contributed by atoms with Crippen molar-refractivity contribution in [3.8, 4) is 0 Å². The monoisotopic (exact) mass is 190 g/mol. The first-order chi connectivity index (χ1) is 6.77. The topological polar surface area (TPSA) is 20.2 Å². The van der Waals surface area contributed by atoms with E-state index >= 15 is 0 Å². The molecule has 1 aliphatic rings. The van der Waals surface area contributed by atoms with E-state index in [9.17, 15) is 5.11 Å². The highest BCUT2D eigenvalue weighted by atomic mass is 16.3. The van der Waals surface area contributed by atoms with Crippen LogP contribution in [0.3, 0.4) is 0 Å². The maximum Gasteiger partial charge on any atom is 0.0552 e. The highest BCUT2D eigenvalue weighted by molar-refractivity contribution is 5.37. The molecule has 1 nitrogen and oxygen atoms in total. The SMILES string of the molecule is C[C@H](O)Cc1cccc2c1CCCC2. The van der Waals surface area contributed by atoms with Gasteiger partial charge in [-0.25, -0.2) is 0 Å². The van der Waals surface area contributed by atoms with Gasteiger partial charge in [0.25, 0.3) is 0 Å². The fraction of sp³-hybridized carbons (Fsp3) is 0.538. The zero-order chi connectivity index (χ0) is 9.97. The maximum atomic E-state index is 9.41. The minimum absolute atomic E-state index is 0.219. The van der Waals surface area contributed by atoms with Crippen molar-refractivity contribution in [3.63, 3.8) is 0 Å². The fourth-order valence-corrected chi connectivity index (χ4v) is 2.37. The number of benzene rings is 1. The molecule has 1 aromatic carbocycles. The molecule has 0 unspecified atom stereocenters. The van der Waals surface area contributed by atoms with Gasteiger partial charge in [-0.05, 0) is 55.7 Å². The second-order valence-electron chi connectivity index (χ2n) is 4.32. The second kappa shape index (κ2) is 4.14. The van der Waals surface area contributed by atoms with E-state index < -0.39 is 0 Å². The summed E-state index contributed by atoms with van der Waals surface area (Å²) in [4.78, 5) is 0. The van der Waals surface area contributed by atoms with E-state index in [-0.39, 0.29) is 6.10 Å². The Hall–Kier alpha value is -0.820. The third-order valence-corrected chi connectivity index (χ3v) is 3.01. The predicted molar refractivity (Wildman–Crippen MR) is 58.5 cm³/mol. The largest absolute Gasteiger partial charge is 0.393 e. The fourth-order valence-electron chi connectivity index (χ4n) is 2.37. The Morgan fingerprint density at radius 2 is 2.07 bits per heavy atom. The summed E-state index contributed by atoms with van der Waals surface area (Å²) in [5.41, 5.74) is 4.38. The molecule has 0 radical (unpaired) electrons. The molecule has 0 amide bonds. The summed E-state index contributed by atoms with van der Waals surface area (Å²) in [5, 5.41) is 9.41. The first kappa shape index (κ1) is 9.72. The molecule has 1 aliphatic carbocycles. The molecular weight excluding hydrogens is 172 g/mol. The van der Waals surface area contributed by atoms with Crippen molar-refractivity contribution in [2.75, 3.05) is 0 Å². The number of aryl methyl sites for hydroxylation is 1. The Bertz CT molecular complexity index is 315. The van der Waals surface area contributed by atoms with Crippen molar-refractivity contribution in [1.29, 1.82) is 0 Å². The second-order valence-corrected chi connectivity index (χ2v) is 4.32. The van der Waals surface area contributed by atoms with Crippen molar-refractivity contribution in [1.82, 2.24) is 0 Å². The molecule has 1 atom stereocenters. The highest BCUT2D eigenvalue weighted by Crippen LogP contribution is 2.25. The smallest absolute Gasteiger partial charge is 0.0552 e. The Morgan fingerprint density at radius 1 is 1.29 bits per heavy atom. The molecule has 1 N–H and O–H groups in total. The quantitative estimate of drug-likeness (QED) is 0.759. The lowest BCUT2D eigenvalue weighted by Crippen LogP contribution is -2.11. The van der Waals surface area contributed by atoms with Gasteiger partial charge in [0.05, 0.1) is 6.10 Å². The van der Waals surface area contributed by atoms with Crippen molar-refractivity contribution in [3.05, 3.63) is 34.9 Å². The van der Waals surface area contributed by atoms with E-state index in [0.29, 0.717) is 0 Å². The van der Waals surface area contributed by atoms with Crippen LogP contribution in [0, 0.1) is 0 Å². The molecule has 0 aliphatic heterocycles. The first-order valence-electron chi connectivity index (χ1n) is 5.55. The van der Waals surface area contributed by atoms with E-state index in [1.807, 2.05) is 6.92 Å². The van der Waals surface area contributed by atoms with Gasteiger partial charge in [0.2, 0.25) is 0 Å². The summed E-state index contributed by atoms with van der Waals surface area (Å²) in [6.45, 7) is 1.86. The van der Waals surface area contributed by atoms with E-state index in [1.165, 1.54) is 42.4 Å². The number of rotatable bonds is 2. The van der Waals surface area contributed by atoms with E-state index in [2.05, 4.69) is 18.2 Å². The van der Waals surface area contributed by atoms with Crippen LogP contribution in [0.25, 0.3) is 0 Å². The van der Waals surface area contributed by atoms with Crippen LogP contribution in [-0.2, 0) is 19.3 Å². The number of hydrogen-bond donors (Lipinski definition) is 1. The summed E-state index contributed by atoms with van der Waals surface area (Å²) in [6.07, 6.45) is 5.66. The summed E-state index contributed by atoms with van der Waals surface area (Å²) in [7, 11) is 0. The Morgan fingerprint density at radius 3 is 2.86 bits per heavy atom. The zero-order valence-electron chi connectivity index (χ0n) is 8.79. The van der Waals surface area contributed by atoms with Crippen molar-refractivity contribution < 1.29 is 5.11 Å². The number of hydrogen-bond acceptors (Lipinski definition) is 1. The zero-order valence-corrected chi connectivity index (χ0v) is 8.79. The van der Waals surface area contributed by atoms with Crippen LogP contribution in [0.5, 0.6) is 0 Å².